The molecule has 2 rings (SSSR count). The van der Waals surface area contributed by atoms with E-state index in [1.54, 1.807) is 0 Å². The van der Waals surface area contributed by atoms with E-state index in [-0.39, 0.29) is 24.1 Å². The summed E-state index contributed by atoms with van der Waals surface area (Å²) >= 11 is 0. The molecule has 1 saturated carbocycles. The van der Waals surface area contributed by atoms with Crippen molar-refractivity contribution in [2.24, 2.45) is 0 Å². The number of hydrogen-bond acceptors (Lipinski definition) is 2. The average Bonchev–Trinajstić information content (AvgIpc) is 2.43. The third-order valence-corrected chi connectivity index (χ3v) is 3.50. The smallest absolute Gasteiger partial charge is 0.233 e. The molecule has 1 aliphatic carbocycles. The zero-order chi connectivity index (χ0) is 15.2. The van der Waals surface area contributed by atoms with Crippen LogP contribution in [0.2, 0.25) is 0 Å². The fourth-order valence-corrected chi connectivity index (χ4v) is 2.46. The zero-order valence-electron chi connectivity index (χ0n) is 11.6. The van der Waals surface area contributed by atoms with Gasteiger partial charge in [0.05, 0.1) is 5.69 Å². The first kappa shape index (κ1) is 15.4. The molecule has 1 aromatic rings. The second-order valence-corrected chi connectivity index (χ2v) is 5.25. The van der Waals surface area contributed by atoms with E-state index in [2.05, 4.69) is 10.6 Å². The maximum absolute atomic E-state index is 13.4. The number of carbonyl (C=O) groups is 2. The van der Waals surface area contributed by atoms with Gasteiger partial charge in [-0.05, 0) is 25.0 Å². The predicted molar refractivity (Wildman–Crippen MR) is 74.6 cm³/mol. The minimum absolute atomic E-state index is 0.126. The quantitative estimate of drug-likeness (QED) is 0.839. The summed E-state index contributed by atoms with van der Waals surface area (Å²) in [7, 11) is 0. The molecular formula is C15H18F2N2O2. The van der Waals surface area contributed by atoms with Gasteiger partial charge in [-0.25, -0.2) is 8.78 Å². The summed E-state index contributed by atoms with van der Waals surface area (Å²) in [5.41, 5.74) is -0.133. The Balaban J connectivity index is 1.81. The molecule has 0 heterocycles. The van der Waals surface area contributed by atoms with Crippen LogP contribution < -0.4 is 10.6 Å². The lowest BCUT2D eigenvalue weighted by molar-refractivity contribution is -0.127. The zero-order valence-corrected chi connectivity index (χ0v) is 11.6. The number of halogens is 2. The van der Waals surface area contributed by atoms with Crippen LogP contribution >= 0.6 is 0 Å². The minimum atomic E-state index is -0.865. The highest BCUT2D eigenvalue weighted by atomic mass is 19.1. The molecule has 0 unspecified atom stereocenters. The molecule has 0 atom stereocenters. The van der Waals surface area contributed by atoms with Gasteiger partial charge in [0.1, 0.15) is 18.1 Å². The van der Waals surface area contributed by atoms with Crippen molar-refractivity contribution in [3.05, 3.63) is 29.8 Å². The Morgan fingerprint density at radius 3 is 2.48 bits per heavy atom. The summed E-state index contributed by atoms with van der Waals surface area (Å²) in [6, 6.07) is 2.97. The lowest BCUT2D eigenvalue weighted by Crippen LogP contribution is -2.37. The molecule has 1 aromatic carbocycles. The summed E-state index contributed by atoms with van der Waals surface area (Å²) in [6.07, 6.45) is 4.83. The van der Waals surface area contributed by atoms with Gasteiger partial charge in [0.15, 0.2) is 0 Å². The molecule has 0 spiro atoms. The normalized spacial score (nSPS) is 15.5. The van der Waals surface area contributed by atoms with Gasteiger partial charge in [-0.1, -0.05) is 19.3 Å². The number of amides is 2. The second kappa shape index (κ2) is 7.15. The maximum atomic E-state index is 13.4. The SMILES string of the molecule is O=C(CC(=O)NC1CCCCC1)Nc1ccc(F)cc1F. The molecule has 2 N–H and O–H groups in total. The van der Waals surface area contributed by atoms with Gasteiger partial charge in [0, 0.05) is 12.1 Å². The van der Waals surface area contributed by atoms with Gasteiger partial charge >= 0.3 is 0 Å². The molecule has 4 nitrogen and oxygen atoms in total. The first-order valence-electron chi connectivity index (χ1n) is 7.09. The van der Waals surface area contributed by atoms with E-state index in [1.807, 2.05) is 0 Å². The predicted octanol–water partition coefficient (Wildman–Crippen LogP) is 2.74. The Labute approximate surface area is 121 Å². The third-order valence-electron chi connectivity index (χ3n) is 3.50. The average molecular weight is 296 g/mol. The van der Waals surface area contributed by atoms with Gasteiger partial charge in [-0.15, -0.1) is 0 Å². The highest BCUT2D eigenvalue weighted by molar-refractivity contribution is 6.03. The number of benzene rings is 1. The van der Waals surface area contributed by atoms with Gasteiger partial charge in [-0.3, -0.25) is 9.59 Å². The Morgan fingerprint density at radius 2 is 1.81 bits per heavy atom. The van der Waals surface area contributed by atoms with Crippen LogP contribution in [0.1, 0.15) is 38.5 Å². The van der Waals surface area contributed by atoms with Crippen molar-refractivity contribution in [3.63, 3.8) is 0 Å². The summed E-state index contributed by atoms with van der Waals surface area (Å²) in [4.78, 5) is 23.4. The second-order valence-electron chi connectivity index (χ2n) is 5.25. The van der Waals surface area contributed by atoms with Crippen LogP contribution in [0.3, 0.4) is 0 Å². The van der Waals surface area contributed by atoms with Crippen molar-refractivity contribution in [3.8, 4) is 0 Å². The fourth-order valence-electron chi connectivity index (χ4n) is 2.46. The van der Waals surface area contributed by atoms with Crippen molar-refractivity contribution in [1.29, 1.82) is 0 Å². The van der Waals surface area contributed by atoms with Crippen LogP contribution in [0.5, 0.6) is 0 Å². The van der Waals surface area contributed by atoms with E-state index in [4.69, 9.17) is 0 Å². The van der Waals surface area contributed by atoms with Crippen LogP contribution in [0.4, 0.5) is 14.5 Å². The van der Waals surface area contributed by atoms with Crippen LogP contribution in [0.25, 0.3) is 0 Å². The number of nitrogens with one attached hydrogen (secondary N) is 2. The Hall–Kier alpha value is -1.98. The topological polar surface area (TPSA) is 58.2 Å². The van der Waals surface area contributed by atoms with Crippen LogP contribution in [-0.2, 0) is 9.59 Å². The van der Waals surface area contributed by atoms with E-state index in [9.17, 15) is 18.4 Å². The van der Waals surface area contributed by atoms with Gasteiger partial charge in [0.2, 0.25) is 11.8 Å². The van der Waals surface area contributed by atoms with Gasteiger partial charge in [-0.2, -0.15) is 0 Å². The molecule has 114 valence electrons. The third kappa shape index (κ3) is 4.81. The molecule has 2 amide bonds. The molecule has 1 aliphatic rings. The van der Waals surface area contributed by atoms with E-state index in [1.165, 1.54) is 6.42 Å². The van der Waals surface area contributed by atoms with E-state index >= 15 is 0 Å². The highest BCUT2D eigenvalue weighted by Gasteiger charge is 2.18. The van der Waals surface area contributed by atoms with Crippen LogP contribution in [0.15, 0.2) is 18.2 Å². The number of carbonyl (C=O) groups excluding carboxylic acids is 2. The largest absolute Gasteiger partial charge is 0.353 e. The Morgan fingerprint density at radius 1 is 1.10 bits per heavy atom. The van der Waals surface area contributed by atoms with Crippen LogP contribution in [0, 0.1) is 11.6 Å². The first-order chi connectivity index (χ1) is 10.0. The fraction of sp³-hybridized carbons (Fsp3) is 0.467. The summed E-state index contributed by atoms with van der Waals surface area (Å²) in [5.74, 6) is -2.58. The molecule has 0 saturated heterocycles. The molecular weight excluding hydrogens is 278 g/mol. The van der Waals surface area contributed by atoms with Gasteiger partial charge in [0.25, 0.3) is 0 Å². The standard InChI is InChI=1S/C15H18F2N2O2/c16-10-6-7-13(12(17)8-10)19-15(21)9-14(20)18-11-4-2-1-3-5-11/h6-8,11H,1-5,9H2,(H,18,20)(H,19,21). The number of rotatable bonds is 4. The Kier molecular flexibility index (Phi) is 5.25. The lowest BCUT2D eigenvalue weighted by Gasteiger charge is -2.22. The molecule has 0 radical (unpaired) electrons. The lowest BCUT2D eigenvalue weighted by atomic mass is 9.95. The monoisotopic (exact) mass is 296 g/mol. The van der Waals surface area contributed by atoms with Crippen molar-refractivity contribution >= 4 is 17.5 Å². The molecule has 0 bridgehead atoms. The molecule has 0 aliphatic heterocycles. The molecule has 21 heavy (non-hydrogen) atoms. The highest BCUT2D eigenvalue weighted by Crippen LogP contribution is 2.18. The van der Waals surface area contributed by atoms with Crippen molar-refractivity contribution in [2.45, 2.75) is 44.6 Å². The molecule has 0 aromatic heterocycles. The summed E-state index contributed by atoms with van der Waals surface area (Å²) in [6.45, 7) is 0. The Bertz CT molecular complexity index is 528. The molecule has 6 heteroatoms. The number of hydrogen-bond donors (Lipinski definition) is 2. The maximum Gasteiger partial charge on any atom is 0.233 e. The molecule has 1 fully saturated rings. The van der Waals surface area contributed by atoms with Crippen molar-refractivity contribution in [1.82, 2.24) is 5.32 Å². The summed E-state index contributed by atoms with van der Waals surface area (Å²) < 4.78 is 26.1. The van der Waals surface area contributed by atoms with Crippen LogP contribution in [-0.4, -0.2) is 17.9 Å². The number of anilines is 1. The van der Waals surface area contributed by atoms with E-state index in [0.29, 0.717) is 6.07 Å². The van der Waals surface area contributed by atoms with E-state index in [0.717, 1.165) is 37.8 Å². The van der Waals surface area contributed by atoms with Crippen molar-refractivity contribution < 1.29 is 18.4 Å². The first-order valence-corrected chi connectivity index (χ1v) is 7.09. The summed E-state index contributed by atoms with van der Waals surface area (Å²) in [5, 5.41) is 5.07. The minimum Gasteiger partial charge on any atom is -0.353 e. The van der Waals surface area contributed by atoms with Crippen molar-refractivity contribution in [2.75, 3.05) is 5.32 Å². The van der Waals surface area contributed by atoms with E-state index < -0.39 is 17.5 Å². The van der Waals surface area contributed by atoms with Gasteiger partial charge < -0.3 is 10.6 Å².